The van der Waals surface area contributed by atoms with Crippen LogP contribution in [-0.4, -0.2) is 36.0 Å². The fourth-order valence-corrected chi connectivity index (χ4v) is 3.32. The molecule has 0 bridgehead atoms. The van der Waals surface area contributed by atoms with Crippen molar-refractivity contribution in [2.45, 2.75) is 26.8 Å². The Morgan fingerprint density at radius 1 is 1.15 bits per heavy atom. The van der Waals surface area contributed by atoms with Crippen molar-refractivity contribution in [3.63, 3.8) is 0 Å². The largest absolute Gasteiger partial charge is 0.496 e. The van der Waals surface area contributed by atoms with Crippen LogP contribution in [0.1, 0.15) is 29.7 Å². The van der Waals surface area contributed by atoms with Crippen LogP contribution < -0.4 is 14.8 Å². The van der Waals surface area contributed by atoms with Crippen LogP contribution in [0.2, 0.25) is 0 Å². The van der Waals surface area contributed by atoms with Crippen LogP contribution in [0.15, 0.2) is 30.5 Å². The number of benzene rings is 1. The first-order valence-electron chi connectivity index (χ1n) is 8.68. The lowest BCUT2D eigenvalue weighted by molar-refractivity contribution is -0.127. The van der Waals surface area contributed by atoms with E-state index in [9.17, 15) is 9.59 Å². The van der Waals surface area contributed by atoms with Gasteiger partial charge >= 0.3 is 6.03 Å². The van der Waals surface area contributed by atoms with E-state index in [4.69, 9.17) is 9.47 Å². The number of imide groups is 1. The maximum atomic E-state index is 12.0. The Morgan fingerprint density at radius 2 is 1.89 bits per heavy atom. The average Bonchev–Trinajstić information content (AvgIpc) is 2.63. The van der Waals surface area contributed by atoms with Crippen molar-refractivity contribution in [3.05, 3.63) is 47.2 Å². The molecule has 2 atom stereocenters. The Morgan fingerprint density at radius 3 is 2.56 bits per heavy atom. The van der Waals surface area contributed by atoms with Crippen LogP contribution in [0.4, 0.5) is 4.79 Å². The van der Waals surface area contributed by atoms with Crippen molar-refractivity contribution in [2.24, 2.45) is 5.92 Å². The number of methoxy groups -OCH3 is 1. The van der Waals surface area contributed by atoms with E-state index < -0.39 is 6.03 Å². The molecule has 7 heteroatoms. The summed E-state index contributed by atoms with van der Waals surface area (Å²) in [5.74, 6) is 1.15. The van der Waals surface area contributed by atoms with Gasteiger partial charge in [0, 0.05) is 24.9 Å². The Kier molecular flexibility index (Phi) is 5.03. The third kappa shape index (κ3) is 3.58. The third-order valence-electron chi connectivity index (χ3n) is 4.89. The fraction of sp³-hybridized carbons (Fsp3) is 0.350. The molecule has 2 unspecified atom stereocenters. The maximum Gasteiger partial charge on any atom is 0.324 e. The molecule has 1 aliphatic rings. The van der Waals surface area contributed by atoms with Gasteiger partial charge in [-0.25, -0.2) is 9.78 Å². The molecule has 1 aromatic carbocycles. The average molecular weight is 369 g/mol. The van der Waals surface area contributed by atoms with E-state index in [1.165, 1.54) is 0 Å². The minimum atomic E-state index is -0.390. The lowest BCUT2D eigenvalue weighted by atomic mass is 9.88. The minimum absolute atomic E-state index is 0.265. The van der Waals surface area contributed by atoms with E-state index in [-0.39, 0.29) is 17.9 Å². The number of hydrogen-bond acceptors (Lipinski definition) is 5. The zero-order chi connectivity index (χ0) is 19.7. The molecule has 7 nitrogen and oxygen atoms in total. The van der Waals surface area contributed by atoms with Gasteiger partial charge in [0.2, 0.25) is 11.8 Å². The van der Waals surface area contributed by atoms with E-state index >= 15 is 0 Å². The minimum Gasteiger partial charge on any atom is -0.496 e. The molecule has 0 spiro atoms. The van der Waals surface area contributed by atoms with E-state index in [1.807, 2.05) is 39.0 Å². The topological polar surface area (TPSA) is 80.8 Å². The Bertz CT molecular complexity index is 877. The SMILES string of the molecule is COc1cc(Oc2ccc(C3C(C)C(=O)NC(=O)N3C)c(C)c2)ncc1C. The number of carbonyl (C=O) groups is 2. The number of ether oxygens (including phenoxy) is 2. The molecule has 1 fully saturated rings. The number of aromatic nitrogens is 1. The fourth-order valence-electron chi connectivity index (χ4n) is 3.32. The normalized spacial score (nSPS) is 19.7. The van der Waals surface area contributed by atoms with Gasteiger partial charge < -0.3 is 14.4 Å². The number of aryl methyl sites for hydroxylation is 2. The van der Waals surface area contributed by atoms with Crippen LogP contribution >= 0.6 is 0 Å². The Balaban J connectivity index is 1.87. The van der Waals surface area contributed by atoms with Gasteiger partial charge in [-0.3, -0.25) is 10.1 Å². The number of nitrogens with one attached hydrogen (secondary N) is 1. The van der Waals surface area contributed by atoms with Crippen molar-refractivity contribution < 1.29 is 19.1 Å². The zero-order valence-electron chi connectivity index (χ0n) is 16.1. The molecule has 27 heavy (non-hydrogen) atoms. The molecule has 1 N–H and O–H groups in total. The molecule has 0 saturated carbocycles. The van der Waals surface area contributed by atoms with E-state index in [1.54, 1.807) is 31.3 Å². The first kappa shape index (κ1) is 18.7. The van der Waals surface area contributed by atoms with Crippen molar-refractivity contribution in [2.75, 3.05) is 14.2 Å². The summed E-state index contributed by atoms with van der Waals surface area (Å²) >= 11 is 0. The monoisotopic (exact) mass is 369 g/mol. The third-order valence-corrected chi connectivity index (χ3v) is 4.89. The van der Waals surface area contributed by atoms with Gasteiger partial charge in [-0.1, -0.05) is 13.0 Å². The van der Waals surface area contributed by atoms with Crippen molar-refractivity contribution in [1.29, 1.82) is 0 Å². The molecule has 142 valence electrons. The number of hydrogen-bond donors (Lipinski definition) is 1. The molecule has 1 aliphatic heterocycles. The zero-order valence-corrected chi connectivity index (χ0v) is 16.1. The number of rotatable bonds is 4. The van der Waals surface area contributed by atoms with E-state index in [2.05, 4.69) is 10.3 Å². The van der Waals surface area contributed by atoms with E-state index in [0.29, 0.717) is 17.4 Å². The lowest BCUT2D eigenvalue weighted by Crippen LogP contribution is -2.53. The summed E-state index contributed by atoms with van der Waals surface area (Å²) in [5.41, 5.74) is 2.77. The molecule has 1 saturated heterocycles. The summed E-state index contributed by atoms with van der Waals surface area (Å²) in [4.78, 5) is 29.8. The second-order valence-electron chi connectivity index (χ2n) is 6.75. The molecular weight excluding hydrogens is 346 g/mol. The summed E-state index contributed by atoms with van der Waals surface area (Å²) < 4.78 is 11.1. The summed E-state index contributed by atoms with van der Waals surface area (Å²) in [7, 11) is 3.29. The highest BCUT2D eigenvalue weighted by molar-refractivity contribution is 5.98. The number of pyridine rings is 1. The van der Waals surface area contributed by atoms with E-state index in [0.717, 1.165) is 16.7 Å². The standard InChI is InChI=1S/C20H23N3O4/c1-11-8-14(27-17-9-16(26-5)12(2)10-21-17)6-7-15(11)18-13(3)19(24)22-20(25)23(18)4/h6-10,13,18H,1-5H3,(H,22,24,25). The lowest BCUT2D eigenvalue weighted by Gasteiger charge is -2.37. The van der Waals surface area contributed by atoms with Gasteiger partial charge in [0.25, 0.3) is 0 Å². The predicted octanol–water partition coefficient (Wildman–Crippen LogP) is 3.36. The highest BCUT2D eigenvalue weighted by Gasteiger charge is 2.38. The molecule has 3 amide bonds. The summed E-state index contributed by atoms with van der Waals surface area (Å²) in [6, 6.07) is 6.60. The van der Waals surface area contributed by atoms with Crippen molar-refractivity contribution >= 4 is 11.9 Å². The van der Waals surface area contributed by atoms with Gasteiger partial charge in [0.05, 0.1) is 19.1 Å². The molecule has 3 rings (SSSR count). The molecule has 2 heterocycles. The summed E-state index contributed by atoms with van der Waals surface area (Å²) in [6.45, 7) is 5.66. The smallest absolute Gasteiger partial charge is 0.324 e. The number of nitrogens with zero attached hydrogens (tertiary/aromatic N) is 2. The summed E-state index contributed by atoms with van der Waals surface area (Å²) in [6.07, 6.45) is 1.69. The predicted molar refractivity (Wildman–Crippen MR) is 100.0 cm³/mol. The quantitative estimate of drug-likeness (QED) is 0.894. The highest BCUT2D eigenvalue weighted by Crippen LogP contribution is 2.35. The Labute approximate surface area is 158 Å². The van der Waals surface area contributed by atoms with Gasteiger partial charge in [-0.15, -0.1) is 0 Å². The first-order chi connectivity index (χ1) is 12.8. The van der Waals surface area contributed by atoms with Gasteiger partial charge in [-0.2, -0.15) is 0 Å². The second-order valence-corrected chi connectivity index (χ2v) is 6.75. The highest BCUT2D eigenvalue weighted by atomic mass is 16.5. The van der Waals surface area contributed by atoms with Crippen molar-refractivity contribution in [3.8, 4) is 17.4 Å². The molecule has 2 aromatic rings. The second kappa shape index (κ2) is 7.26. The van der Waals surface area contributed by atoms with Crippen LogP contribution in [0, 0.1) is 19.8 Å². The number of urea groups is 1. The van der Waals surface area contributed by atoms with Crippen LogP contribution in [0.25, 0.3) is 0 Å². The summed E-state index contributed by atoms with van der Waals surface area (Å²) in [5, 5.41) is 2.36. The van der Waals surface area contributed by atoms with Crippen molar-refractivity contribution in [1.82, 2.24) is 15.2 Å². The van der Waals surface area contributed by atoms with Crippen LogP contribution in [-0.2, 0) is 4.79 Å². The van der Waals surface area contributed by atoms with Gasteiger partial charge in [-0.05, 0) is 37.1 Å². The molecule has 1 aromatic heterocycles. The molecular formula is C20H23N3O4. The maximum absolute atomic E-state index is 12.0. The molecule has 0 radical (unpaired) electrons. The van der Waals surface area contributed by atoms with Gasteiger partial charge in [0.15, 0.2) is 0 Å². The first-order valence-corrected chi connectivity index (χ1v) is 8.68. The number of carbonyl (C=O) groups excluding carboxylic acids is 2. The Hall–Kier alpha value is -3.09. The molecule has 0 aliphatic carbocycles. The van der Waals surface area contributed by atoms with Gasteiger partial charge in [0.1, 0.15) is 11.5 Å². The number of amides is 3. The van der Waals surface area contributed by atoms with Crippen LogP contribution in [0.5, 0.6) is 17.4 Å². The van der Waals surface area contributed by atoms with Crippen LogP contribution in [0.3, 0.4) is 0 Å².